The number of benzene rings is 9. The second-order valence-electron chi connectivity index (χ2n) is 14.9. The van der Waals surface area contributed by atoms with Gasteiger partial charge in [-0.3, -0.25) is 0 Å². The lowest BCUT2D eigenvalue weighted by Gasteiger charge is -2.31. The predicted octanol–water partition coefficient (Wildman–Crippen LogP) is 14.8. The van der Waals surface area contributed by atoms with Gasteiger partial charge in [-0.1, -0.05) is 178 Å². The fourth-order valence-electron chi connectivity index (χ4n) is 8.80. The molecule has 0 radical (unpaired) electrons. The fourth-order valence-corrected chi connectivity index (χ4v) is 8.80. The molecule has 256 valence electrons. The van der Waals surface area contributed by atoms with Crippen LogP contribution in [0.2, 0.25) is 0 Å². The summed E-state index contributed by atoms with van der Waals surface area (Å²) in [6, 6.07) is 73.4. The van der Waals surface area contributed by atoms with E-state index in [2.05, 4.69) is 219 Å². The molecule has 54 heavy (non-hydrogen) atoms. The Bertz CT molecular complexity index is 2830. The van der Waals surface area contributed by atoms with E-state index in [0.717, 1.165) is 11.4 Å². The number of hydrogen-bond donors (Lipinski definition) is 0. The molecule has 0 unspecified atom stereocenters. The van der Waals surface area contributed by atoms with Crippen molar-refractivity contribution in [1.29, 1.82) is 0 Å². The summed E-state index contributed by atoms with van der Waals surface area (Å²) in [7, 11) is 0. The lowest BCUT2D eigenvalue weighted by molar-refractivity contribution is 0.660. The molecule has 1 aliphatic rings. The first-order valence-electron chi connectivity index (χ1n) is 18.9. The third kappa shape index (κ3) is 5.16. The van der Waals surface area contributed by atoms with Crippen molar-refractivity contribution in [3.63, 3.8) is 0 Å². The zero-order chi connectivity index (χ0) is 36.2. The molecule has 9 aromatic rings. The van der Waals surface area contributed by atoms with E-state index < -0.39 is 0 Å². The van der Waals surface area contributed by atoms with Gasteiger partial charge >= 0.3 is 0 Å². The van der Waals surface area contributed by atoms with Crippen LogP contribution in [0.1, 0.15) is 25.0 Å². The summed E-state index contributed by atoms with van der Waals surface area (Å²) >= 11 is 0. The van der Waals surface area contributed by atoms with Crippen LogP contribution < -0.4 is 4.90 Å². The van der Waals surface area contributed by atoms with Crippen molar-refractivity contribution < 1.29 is 0 Å². The minimum atomic E-state index is -0.117. The normalized spacial score (nSPS) is 12.8. The smallest absolute Gasteiger partial charge is 0.0543 e. The third-order valence-electron chi connectivity index (χ3n) is 11.5. The van der Waals surface area contributed by atoms with E-state index >= 15 is 0 Å². The van der Waals surface area contributed by atoms with Gasteiger partial charge in [-0.2, -0.15) is 0 Å². The van der Waals surface area contributed by atoms with Gasteiger partial charge in [-0.05, 0) is 102 Å². The Morgan fingerprint density at radius 1 is 0.352 bits per heavy atom. The van der Waals surface area contributed by atoms with E-state index in [9.17, 15) is 0 Å². The van der Waals surface area contributed by atoms with Gasteiger partial charge in [0.05, 0.1) is 11.4 Å². The van der Waals surface area contributed by atoms with Crippen molar-refractivity contribution in [3.05, 3.63) is 211 Å². The monoisotopic (exact) mass is 689 g/mol. The highest BCUT2D eigenvalue weighted by molar-refractivity contribution is 6.14. The summed E-state index contributed by atoms with van der Waals surface area (Å²) in [6.07, 6.45) is 0. The fraction of sp³-hybridized carbons (Fsp3) is 0.0566. The van der Waals surface area contributed by atoms with Gasteiger partial charge in [-0.15, -0.1) is 0 Å². The summed E-state index contributed by atoms with van der Waals surface area (Å²) in [5.74, 6) is 0. The minimum Gasteiger partial charge on any atom is -0.309 e. The van der Waals surface area contributed by atoms with E-state index in [1.54, 1.807) is 0 Å². The number of rotatable bonds is 6. The second kappa shape index (κ2) is 12.8. The maximum Gasteiger partial charge on any atom is 0.0543 e. The van der Waals surface area contributed by atoms with Gasteiger partial charge in [0.25, 0.3) is 0 Å². The van der Waals surface area contributed by atoms with Crippen LogP contribution in [0, 0.1) is 0 Å². The molecule has 1 nitrogen and oxygen atoms in total. The molecule has 0 saturated carbocycles. The van der Waals surface area contributed by atoms with Crippen molar-refractivity contribution in [2.45, 2.75) is 19.3 Å². The largest absolute Gasteiger partial charge is 0.309 e. The van der Waals surface area contributed by atoms with Gasteiger partial charge in [-0.25, -0.2) is 0 Å². The number of fused-ring (bicyclic) bond motifs is 6. The summed E-state index contributed by atoms with van der Waals surface area (Å²) in [6.45, 7) is 4.72. The van der Waals surface area contributed by atoms with Crippen LogP contribution in [0.5, 0.6) is 0 Å². The van der Waals surface area contributed by atoms with Crippen LogP contribution in [0.4, 0.5) is 17.1 Å². The van der Waals surface area contributed by atoms with E-state index in [4.69, 9.17) is 0 Å². The van der Waals surface area contributed by atoms with Crippen LogP contribution in [-0.2, 0) is 5.41 Å². The summed E-state index contributed by atoms with van der Waals surface area (Å²) in [4.78, 5) is 2.50. The molecule has 0 amide bonds. The molecule has 10 rings (SSSR count). The topological polar surface area (TPSA) is 3.24 Å². The molecule has 0 saturated heterocycles. The van der Waals surface area contributed by atoms with E-state index in [1.807, 2.05) is 0 Å². The first-order chi connectivity index (χ1) is 26.6. The van der Waals surface area contributed by atoms with Gasteiger partial charge in [0.1, 0.15) is 0 Å². The summed E-state index contributed by atoms with van der Waals surface area (Å²) in [5.41, 5.74) is 15.9. The number of nitrogens with zero attached hydrogens (tertiary/aromatic N) is 1. The Morgan fingerprint density at radius 3 is 1.72 bits per heavy atom. The highest BCUT2D eigenvalue weighted by Gasteiger charge is 2.38. The first-order valence-corrected chi connectivity index (χ1v) is 18.9. The molecule has 0 fully saturated rings. The van der Waals surface area contributed by atoms with Crippen LogP contribution in [-0.4, -0.2) is 0 Å². The number of anilines is 3. The Kier molecular flexibility index (Phi) is 7.56. The maximum absolute atomic E-state index is 2.50. The van der Waals surface area contributed by atoms with Crippen LogP contribution in [0.25, 0.3) is 66.1 Å². The first kappa shape index (κ1) is 32.0. The SMILES string of the molecule is CC1(C)c2ccccc2-c2c(N(c3ccc(-c4cc5ccccc5c5ccccc45)cc3)c3ccc(-c4ccccc4)cc3-c3ccccc3)cccc21. The van der Waals surface area contributed by atoms with Crippen molar-refractivity contribution in [2.75, 3.05) is 4.90 Å². The molecule has 9 aromatic carbocycles. The summed E-state index contributed by atoms with van der Waals surface area (Å²) in [5, 5.41) is 5.09. The lowest BCUT2D eigenvalue weighted by atomic mass is 9.82. The molecular weight excluding hydrogens is 651 g/mol. The molecule has 0 heterocycles. The third-order valence-corrected chi connectivity index (χ3v) is 11.5. The maximum atomic E-state index is 2.50. The lowest BCUT2D eigenvalue weighted by Crippen LogP contribution is -2.16. The summed E-state index contributed by atoms with van der Waals surface area (Å²) < 4.78 is 0. The van der Waals surface area contributed by atoms with E-state index in [0.29, 0.717) is 0 Å². The van der Waals surface area contributed by atoms with Crippen LogP contribution in [0.3, 0.4) is 0 Å². The molecule has 0 aromatic heterocycles. The van der Waals surface area contributed by atoms with Crippen molar-refractivity contribution in [2.24, 2.45) is 0 Å². The molecule has 1 aliphatic carbocycles. The van der Waals surface area contributed by atoms with Crippen molar-refractivity contribution >= 4 is 38.6 Å². The van der Waals surface area contributed by atoms with Gasteiger partial charge in [0.2, 0.25) is 0 Å². The van der Waals surface area contributed by atoms with Gasteiger partial charge in [0.15, 0.2) is 0 Å². The molecule has 0 spiro atoms. The predicted molar refractivity (Wildman–Crippen MR) is 230 cm³/mol. The standard InChI is InChI=1S/C53H39N/c1-53(2)48-25-14-13-24-45(48)52-49(53)26-15-27-51(52)54(50-33-30-39(36-16-5-3-6-17-36)34-47(50)37-18-7-4-8-19-37)41-31-28-38(29-32-41)46-35-40-20-9-10-21-42(40)43-22-11-12-23-44(43)46/h3-35H,1-2H3. The molecule has 1 heteroatoms. The quantitative estimate of drug-likeness (QED) is 0.157. The Labute approximate surface area is 317 Å². The highest BCUT2D eigenvalue weighted by atomic mass is 15.1. The Balaban J connectivity index is 1.22. The Hall–Kier alpha value is -6.70. The van der Waals surface area contributed by atoms with E-state index in [1.165, 1.54) is 82.9 Å². The van der Waals surface area contributed by atoms with Crippen molar-refractivity contribution in [1.82, 2.24) is 0 Å². The molecule has 0 bridgehead atoms. The van der Waals surface area contributed by atoms with E-state index in [-0.39, 0.29) is 5.41 Å². The Morgan fingerprint density at radius 2 is 0.944 bits per heavy atom. The van der Waals surface area contributed by atoms with Crippen LogP contribution in [0.15, 0.2) is 200 Å². The van der Waals surface area contributed by atoms with Crippen LogP contribution >= 0.6 is 0 Å². The minimum absolute atomic E-state index is 0.117. The van der Waals surface area contributed by atoms with Gasteiger partial charge in [0, 0.05) is 22.2 Å². The zero-order valence-electron chi connectivity index (χ0n) is 30.5. The number of hydrogen-bond acceptors (Lipinski definition) is 1. The average Bonchev–Trinajstić information content (AvgIpc) is 3.48. The molecule has 0 aliphatic heterocycles. The van der Waals surface area contributed by atoms with Gasteiger partial charge < -0.3 is 4.90 Å². The second-order valence-corrected chi connectivity index (χ2v) is 14.9. The van der Waals surface area contributed by atoms with Crippen molar-refractivity contribution in [3.8, 4) is 44.5 Å². The molecular formula is C53H39N. The zero-order valence-corrected chi connectivity index (χ0v) is 30.5. The highest BCUT2D eigenvalue weighted by Crippen LogP contribution is 2.55. The average molecular weight is 690 g/mol. The molecule has 0 N–H and O–H groups in total. The molecule has 0 atom stereocenters.